The lowest BCUT2D eigenvalue weighted by Gasteiger charge is -2.08. The molecule has 0 amide bonds. The highest BCUT2D eigenvalue weighted by Gasteiger charge is 1.98. The van der Waals surface area contributed by atoms with Crippen LogP contribution in [0.1, 0.15) is 11.1 Å². The molecular weight excluding hydrogens is 164 g/mol. The van der Waals surface area contributed by atoms with Crippen LogP contribution in [0.15, 0.2) is 18.2 Å². The molecule has 0 heterocycles. The summed E-state index contributed by atoms with van der Waals surface area (Å²) < 4.78 is 10.4. The summed E-state index contributed by atoms with van der Waals surface area (Å²) in [6, 6.07) is 6.16. The molecule has 0 saturated carbocycles. The van der Waals surface area contributed by atoms with Gasteiger partial charge in [0.25, 0.3) is 0 Å². The average Bonchev–Trinajstić information content (AvgIpc) is 2.09. The van der Waals surface area contributed by atoms with E-state index in [2.05, 4.69) is 26.0 Å². The number of aryl methyl sites for hydroxylation is 2. The van der Waals surface area contributed by atoms with Gasteiger partial charge in [0.05, 0.1) is 6.61 Å². The molecule has 13 heavy (non-hydrogen) atoms. The maximum absolute atomic E-state index is 5.51. The molecule has 1 rings (SSSR count). The van der Waals surface area contributed by atoms with E-state index in [4.69, 9.17) is 9.47 Å². The largest absolute Gasteiger partial charge is 0.491 e. The van der Waals surface area contributed by atoms with Gasteiger partial charge in [-0.1, -0.05) is 17.7 Å². The molecule has 0 unspecified atom stereocenters. The van der Waals surface area contributed by atoms with Gasteiger partial charge in [0.1, 0.15) is 12.4 Å². The van der Waals surface area contributed by atoms with Crippen LogP contribution in [0, 0.1) is 13.8 Å². The van der Waals surface area contributed by atoms with Crippen molar-refractivity contribution in [3.05, 3.63) is 29.3 Å². The van der Waals surface area contributed by atoms with Gasteiger partial charge in [-0.2, -0.15) is 0 Å². The Hall–Kier alpha value is -1.02. The average molecular weight is 180 g/mol. The van der Waals surface area contributed by atoms with Gasteiger partial charge in [0.2, 0.25) is 0 Å². The molecule has 0 radical (unpaired) electrons. The van der Waals surface area contributed by atoms with E-state index in [9.17, 15) is 0 Å². The van der Waals surface area contributed by atoms with Crippen molar-refractivity contribution in [2.24, 2.45) is 0 Å². The fourth-order valence-electron chi connectivity index (χ4n) is 1.20. The normalized spacial score (nSPS) is 10.1. The zero-order chi connectivity index (χ0) is 9.68. The fourth-order valence-corrected chi connectivity index (χ4v) is 1.20. The highest BCUT2D eigenvalue weighted by molar-refractivity contribution is 5.35. The Morgan fingerprint density at radius 3 is 2.54 bits per heavy atom. The third-order valence-corrected chi connectivity index (χ3v) is 1.88. The van der Waals surface area contributed by atoms with E-state index in [0.717, 1.165) is 5.75 Å². The minimum Gasteiger partial charge on any atom is -0.491 e. The molecule has 0 saturated heterocycles. The van der Waals surface area contributed by atoms with Crippen LogP contribution in [-0.4, -0.2) is 20.3 Å². The fraction of sp³-hybridized carbons (Fsp3) is 0.455. The molecule has 2 nitrogen and oxygen atoms in total. The molecule has 0 aliphatic carbocycles. The molecule has 0 bridgehead atoms. The zero-order valence-electron chi connectivity index (χ0n) is 8.46. The number of hydrogen-bond acceptors (Lipinski definition) is 2. The topological polar surface area (TPSA) is 18.5 Å². The lowest BCUT2D eigenvalue weighted by atomic mass is 10.1. The third-order valence-electron chi connectivity index (χ3n) is 1.88. The van der Waals surface area contributed by atoms with Crippen molar-refractivity contribution in [1.82, 2.24) is 0 Å². The monoisotopic (exact) mass is 180 g/mol. The van der Waals surface area contributed by atoms with Gasteiger partial charge in [-0.25, -0.2) is 0 Å². The van der Waals surface area contributed by atoms with E-state index < -0.39 is 0 Å². The molecule has 0 N–H and O–H groups in total. The summed E-state index contributed by atoms with van der Waals surface area (Å²) in [4.78, 5) is 0. The van der Waals surface area contributed by atoms with E-state index in [1.54, 1.807) is 7.11 Å². The maximum Gasteiger partial charge on any atom is 0.122 e. The van der Waals surface area contributed by atoms with Crippen LogP contribution < -0.4 is 4.74 Å². The molecule has 0 aliphatic rings. The molecule has 0 spiro atoms. The number of benzene rings is 1. The second-order valence-corrected chi connectivity index (χ2v) is 3.11. The van der Waals surface area contributed by atoms with Crippen LogP contribution in [-0.2, 0) is 4.74 Å². The predicted molar refractivity (Wildman–Crippen MR) is 53.3 cm³/mol. The van der Waals surface area contributed by atoms with Crippen molar-refractivity contribution in [2.75, 3.05) is 20.3 Å². The van der Waals surface area contributed by atoms with Crippen molar-refractivity contribution >= 4 is 0 Å². The minimum atomic E-state index is 0.612. The number of methoxy groups -OCH3 is 1. The summed E-state index contributed by atoms with van der Waals surface area (Å²) in [5.41, 5.74) is 2.44. The predicted octanol–water partition coefficient (Wildman–Crippen LogP) is 2.33. The first-order chi connectivity index (χ1) is 6.24. The lowest BCUT2D eigenvalue weighted by Crippen LogP contribution is -2.05. The Bertz CT molecular complexity index is 269. The SMILES string of the molecule is COCCOc1ccc(C)cc1C. The first-order valence-electron chi connectivity index (χ1n) is 4.43. The highest BCUT2D eigenvalue weighted by Crippen LogP contribution is 2.18. The molecule has 1 aromatic carbocycles. The standard InChI is InChI=1S/C11H16O2/c1-9-4-5-11(10(2)8-9)13-7-6-12-3/h4-5,8H,6-7H2,1-3H3. The second kappa shape index (κ2) is 4.87. The van der Waals surface area contributed by atoms with Crippen LogP contribution in [0.25, 0.3) is 0 Å². The minimum absolute atomic E-state index is 0.612. The van der Waals surface area contributed by atoms with Crippen LogP contribution in [0.4, 0.5) is 0 Å². The summed E-state index contributed by atoms with van der Waals surface area (Å²) in [6.07, 6.45) is 0. The first kappa shape index (κ1) is 10.1. The summed E-state index contributed by atoms with van der Waals surface area (Å²) >= 11 is 0. The summed E-state index contributed by atoms with van der Waals surface area (Å²) in [6.45, 7) is 5.37. The van der Waals surface area contributed by atoms with Gasteiger partial charge < -0.3 is 9.47 Å². The van der Waals surface area contributed by atoms with Gasteiger partial charge in [0, 0.05) is 7.11 Å². The van der Waals surface area contributed by atoms with Crippen molar-refractivity contribution in [3.8, 4) is 5.75 Å². The van der Waals surface area contributed by atoms with Crippen molar-refractivity contribution in [3.63, 3.8) is 0 Å². The first-order valence-corrected chi connectivity index (χ1v) is 4.43. The van der Waals surface area contributed by atoms with Gasteiger partial charge in [0.15, 0.2) is 0 Å². The molecular formula is C11H16O2. The zero-order valence-corrected chi connectivity index (χ0v) is 8.46. The Kier molecular flexibility index (Phi) is 3.77. The molecule has 72 valence electrons. The number of hydrogen-bond donors (Lipinski definition) is 0. The second-order valence-electron chi connectivity index (χ2n) is 3.11. The summed E-state index contributed by atoms with van der Waals surface area (Å²) in [5.74, 6) is 0.947. The van der Waals surface area contributed by atoms with Gasteiger partial charge in [-0.05, 0) is 25.5 Å². The highest BCUT2D eigenvalue weighted by atomic mass is 16.5. The van der Waals surface area contributed by atoms with E-state index in [0.29, 0.717) is 13.2 Å². The number of ether oxygens (including phenoxy) is 2. The molecule has 2 heteroatoms. The Morgan fingerprint density at radius 2 is 1.92 bits per heavy atom. The Morgan fingerprint density at radius 1 is 1.15 bits per heavy atom. The Balaban J connectivity index is 2.56. The quantitative estimate of drug-likeness (QED) is 0.662. The van der Waals surface area contributed by atoms with Crippen LogP contribution in [0.5, 0.6) is 5.75 Å². The Labute approximate surface area is 79.5 Å². The van der Waals surface area contributed by atoms with Crippen LogP contribution in [0.2, 0.25) is 0 Å². The van der Waals surface area contributed by atoms with Crippen molar-refractivity contribution in [2.45, 2.75) is 13.8 Å². The maximum atomic E-state index is 5.51. The van der Waals surface area contributed by atoms with E-state index in [1.165, 1.54) is 11.1 Å². The third kappa shape index (κ3) is 3.07. The molecule has 0 atom stereocenters. The molecule has 0 fully saturated rings. The lowest BCUT2D eigenvalue weighted by molar-refractivity contribution is 0.146. The number of rotatable bonds is 4. The summed E-state index contributed by atoms with van der Waals surface area (Å²) in [7, 11) is 1.67. The smallest absolute Gasteiger partial charge is 0.122 e. The van der Waals surface area contributed by atoms with Gasteiger partial charge in [-0.3, -0.25) is 0 Å². The van der Waals surface area contributed by atoms with E-state index in [1.807, 2.05) is 6.07 Å². The van der Waals surface area contributed by atoms with Crippen LogP contribution >= 0.6 is 0 Å². The van der Waals surface area contributed by atoms with E-state index in [-0.39, 0.29) is 0 Å². The van der Waals surface area contributed by atoms with Crippen molar-refractivity contribution in [1.29, 1.82) is 0 Å². The van der Waals surface area contributed by atoms with Gasteiger partial charge in [-0.15, -0.1) is 0 Å². The summed E-state index contributed by atoms with van der Waals surface area (Å²) in [5, 5.41) is 0. The van der Waals surface area contributed by atoms with Gasteiger partial charge >= 0.3 is 0 Å². The van der Waals surface area contributed by atoms with E-state index >= 15 is 0 Å². The van der Waals surface area contributed by atoms with Crippen LogP contribution in [0.3, 0.4) is 0 Å². The molecule has 1 aromatic rings. The molecule has 0 aromatic heterocycles. The van der Waals surface area contributed by atoms with Crippen molar-refractivity contribution < 1.29 is 9.47 Å². The molecule has 0 aliphatic heterocycles.